The molecule has 1 fully saturated rings. The van der Waals surface area contributed by atoms with Crippen LogP contribution >= 0.6 is 0 Å². The number of benzene rings is 3. The average Bonchev–Trinajstić information content (AvgIpc) is 3.23. The van der Waals surface area contributed by atoms with Crippen molar-refractivity contribution >= 4 is 22.8 Å². The summed E-state index contributed by atoms with van der Waals surface area (Å²) in [5.74, 6) is -0.857. The Hall–Kier alpha value is -3.78. The van der Waals surface area contributed by atoms with E-state index in [1.165, 1.54) is 6.07 Å². The predicted molar refractivity (Wildman–Crippen MR) is 122 cm³/mol. The largest absolute Gasteiger partial charge is 0.439 e. The van der Waals surface area contributed by atoms with Gasteiger partial charge in [-0.2, -0.15) is 0 Å². The van der Waals surface area contributed by atoms with Gasteiger partial charge in [-0.25, -0.2) is 18.6 Å². The molecule has 0 bridgehead atoms. The van der Waals surface area contributed by atoms with Gasteiger partial charge in [-0.1, -0.05) is 36.4 Å². The van der Waals surface area contributed by atoms with E-state index >= 15 is 0 Å². The Bertz CT molecular complexity index is 1280. The number of carbonyl (C=O) groups is 1. The molecule has 1 aliphatic rings. The molecule has 6 nitrogen and oxygen atoms in total. The summed E-state index contributed by atoms with van der Waals surface area (Å²) >= 11 is 0. The fraction of sp³-hybridized carbons (Fsp3) is 0.200. The second-order valence-corrected chi connectivity index (χ2v) is 7.97. The van der Waals surface area contributed by atoms with Crippen LogP contribution in [0.5, 0.6) is 0 Å². The number of hydrogen-bond donors (Lipinski definition) is 1. The van der Waals surface area contributed by atoms with Gasteiger partial charge in [0, 0.05) is 32.2 Å². The minimum atomic E-state index is -0.798. The number of carbonyl (C=O) groups excluding carboxylic acids is 1. The van der Waals surface area contributed by atoms with Crippen LogP contribution in [0.4, 0.5) is 19.3 Å². The van der Waals surface area contributed by atoms with Crippen LogP contribution < -0.4 is 5.32 Å². The van der Waals surface area contributed by atoms with Crippen LogP contribution in [-0.4, -0.2) is 47.0 Å². The SMILES string of the molecule is O=C(Nc1ccc(F)cc1F)N1CCN(Cc2nc3cc(-c4ccccc4)ccc3o2)CC1. The fourth-order valence-corrected chi connectivity index (χ4v) is 3.94. The summed E-state index contributed by atoms with van der Waals surface area (Å²) in [6, 6.07) is 18.8. The van der Waals surface area contributed by atoms with Crippen LogP contribution in [0.3, 0.4) is 0 Å². The number of hydrogen-bond acceptors (Lipinski definition) is 4. The maximum Gasteiger partial charge on any atom is 0.322 e. The molecular formula is C25H22F2N4O2. The summed E-state index contributed by atoms with van der Waals surface area (Å²) in [7, 11) is 0. The van der Waals surface area contributed by atoms with E-state index in [-0.39, 0.29) is 5.69 Å². The molecular weight excluding hydrogens is 426 g/mol. The van der Waals surface area contributed by atoms with E-state index in [0.29, 0.717) is 38.6 Å². The number of rotatable bonds is 4. The third kappa shape index (κ3) is 4.70. The highest BCUT2D eigenvalue weighted by Crippen LogP contribution is 2.25. The molecule has 0 unspecified atom stereocenters. The van der Waals surface area contributed by atoms with Crippen molar-refractivity contribution in [2.45, 2.75) is 6.54 Å². The summed E-state index contributed by atoms with van der Waals surface area (Å²) < 4.78 is 32.8. The van der Waals surface area contributed by atoms with Gasteiger partial charge in [-0.15, -0.1) is 0 Å². The first-order valence-electron chi connectivity index (χ1n) is 10.7. The van der Waals surface area contributed by atoms with Gasteiger partial charge in [-0.3, -0.25) is 4.90 Å². The molecule has 0 aliphatic carbocycles. The quantitative estimate of drug-likeness (QED) is 0.471. The molecule has 1 saturated heterocycles. The molecule has 8 heteroatoms. The van der Waals surface area contributed by atoms with Crippen molar-refractivity contribution in [2.24, 2.45) is 0 Å². The van der Waals surface area contributed by atoms with Crippen molar-refractivity contribution < 1.29 is 18.0 Å². The predicted octanol–water partition coefficient (Wildman–Crippen LogP) is 5.12. The lowest BCUT2D eigenvalue weighted by Crippen LogP contribution is -2.49. The zero-order valence-corrected chi connectivity index (χ0v) is 17.8. The highest BCUT2D eigenvalue weighted by molar-refractivity contribution is 5.89. The molecule has 168 valence electrons. The lowest BCUT2D eigenvalue weighted by Gasteiger charge is -2.34. The average molecular weight is 448 g/mol. The molecule has 1 aliphatic heterocycles. The summed E-state index contributed by atoms with van der Waals surface area (Å²) in [4.78, 5) is 20.9. The van der Waals surface area contributed by atoms with Gasteiger partial charge in [0.2, 0.25) is 5.89 Å². The normalized spacial score (nSPS) is 14.5. The second-order valence-electron chi connectivity index (χ2n) is 7.97. The van der Waals surface area contributed by atoms with E-state index in [1.54, 1.807) is 4.90 Å². The van der Waals surface area contributed by atoms with Crippen molar-refractivity contribution in [2.75, 3.05) is 31.5 Å². The van der Waals surface area contributed by atoms with Crippen LogP contribution in [0.2, 0.25) is 0 Å². The standard InChI is InChI=1S/C25H22F2N4O2/c26-19-7-8-21(20(27)15-19)29-25(32)31-12-10-30(11-13-31)16-24-28-22-14-18(6-9-23(22)33-24)17-4-2-1-3-5-17/h1-9,14-15H,10-13,16H2,(H,29,32). The van der Waals surface area contributed by atoms with E-state index in [2.05, 4.69) is 27.3 Å². The Morgan fingerprint density at radius 3 is 2.48 bits per heavy atom. The first-order valence-corrected chi connectivity index (χ1v) is 10.7. The highest BCUT2D eigenvalue weighted by Gasteiger charge is 2.23. The van der Waals surface area contributed by atoms with Crippen LogP contribution in [0.1, 0.15) is 5.89 Å². The van der Waals surface area contributed by atoms with Crippen molar-refractivity contribution in [3.05, 3.63) is 84.3 Å². The summed E-state index contributed by atoms with van der Waals surface area (Å²) in [5, 5.41) is 2.50. The number of nitrogens with one attached hydrogen (secondary N) is 1. The van der Waals surface area contributed by atoms with Gasteiger partial charge >= 0.3 is 6.03 Å². The maximum atomic E-state index is 13.8. The molecule has 33 heavy (non-hydrogen) atoms. The Kier molecular flexibility index (Phi) is 5.75. The van der Waals surface area contributed by atoms with Crippen LogP contribution in [0, 0.1) is 11.6 Å². The minimum absolute atomic E-state index is 0.0369. The van der Waals surface area contributed by atoms with Crippen molar-refractivity contribution in [3.8, 4) is 11.1 Å². The topological polar surface area (TPSA) is 61.6 Å². The van der Waals surface area contributed by atoms with Gasteiger partial charge in [0.25, 0.3) is 0 Å². The number of urea groups is 1. The summed E-state index contributed by atoms with van der Waals surface area (Å²) in [5.41, 5.74) is 3.72. The summed E-state index contributed by atoms with van der Waals surface area (Å²) in [6.07, 6.45) is 0. The molecule has 2 amide bonds. The smallest absolute Gasteiger partial charge is 0.322 e. The maximum absolute atomic E-state index is 13.8. The van der Waals surface area contributed by atoms with Crippen LogP contribution in [0.15, 0.2) is 71.1 Å². The number of aromatic nitrogens is 1. The molecule has 0 atom stereocenters. The zero-order chi connectivity index (χ0) is 22.8. The monoisotopic (exact) mass is 448 g/mol. The first-order chi connectivity index (χ1) is 16.0. The number of fused-ring (bicyclic) bond motifs is 1. The van der Waals surface area contributed by atoms with Gasteiger partial charge in [-0.05, 0) is 35.4 Å². The Morgan fingerprint density at radius 1 is 0.939 bits per heavy atom. The van der Waals surface area contributed by atoms with Gasteiger partial charge in [0.05, 0.1) is 12.2 Å². The molecule has 1 aromatic heterocycles. The fourth-order valence-electron chi connectivity index (χ4n) is 3.94. The highest BCUT2D eigenvalue weighted by atomic mass is 19.1. The Labute approximate surface area is 189 Å². The minimum Gasteiger partial charge on any atom is -0.439 e. The Morgan fingerprint density at radius 2 is 1.73 bits per heavy atom. The number of nitrogens with zero attached hydrogens (tertiary/aromatic N) is 3. The number of piperazine rings is 1. The molecule has 2 heterocycles. The van der Waals surface area contributed by atoms with Gasteiger partial charge < -0.3 is 14.6 Å². The molecule has 5 rings (SSSR count). The number of halogens is 2. The number of amides is 2. The molecule has 4 aromatic rings. The van der Waals surface area contributed by atoms with E-state index < -0.39 is 17.7 Å². The van der Waals surface area contributed by atoms with Gasteiger partial charge in [0.1, 0.15) is 17.2 Å². The van der Waals surface area contributed by atoms with Crippen molar-refractivity contribution in [1.82, 2.24) is 14.8 Å². The van der Waals surface area contributed by atoms with E-state index in [1.807, 2.05) is 36.4 Å². The first kappa shape index (κ1) is 21.1. The van der Waals surface area contributed by atoms with E-state index in [4.69, 9.17) is 4.42 Å². The molecule has 0 spiro atoms. The third-order valence-electron chi connectivity index (χ3n) is 5.73. The third-order valence-corrected chi connectivity index (χ3v) is 5.73. The lowest BCUT2D eigenvalue weighted by molar-refractivity contribution is 0.136. The Balaban J connectivity index is 1.19. The van der Waals surface area contributed by atoms with E-state index in [9.17, 15) is 13.6 Å². The van der Waals surface area contributed by atoms with Crippen molar-refractivity contribution in [1.29, 1.82) is 0 Å². The van der Waals surface area contributed by atoms with Gasteiger partial charge in [0.15, 0.2) is 5.58 Å². The molecule has 0 radical (unpaired) electrons. The van der Waals surface area contributed by atoms with E-state index in [0.717, 1.165) is 34.4 Å². The molecule has 3 aromatic carbocycles. The van der Waals surface area contributed by atoms with Crippen molar-refractivity contribution in [3.63, 3.8) is 0 Å². The number of anilines is 1. The molecule has 0 saturated carbocycles. The molecule has 1 N–H and O–H groups in total. The van der Waals surface area contributed by atoms with Crippen LogP contribution in [0.25, 0.3) is 22.2 Å². The number of oxazole rings is 1. The zero-order valence-electron chi connectivity index (χ0n) is 17.8. The second kappa shape index (κ2) is 8.99. The summed E-state index contributed by atoms with van der Waals surface area (Å²) in [6.45, 7) is 2.76. The lowest BCUT2D eigenvalue weighted by atomic mass is 10.1. The van der Waals surface area contributed by atoms with Crippen LogP contribution in [-0.2, 0) is 6.54 Å².